The van der Waals surface area contributed by atoms with Crippen molar-refractivity contribution in [1.82, 2.24) is 0 Å². The van der Waals surface area contributed by atoms with Crippen molar-refractivity contribution in [3.05, 3.63) is 23.5 Å². The van der Waals surface area contributed by atoms with E-state index >= 15 is 0 Å². The van der Waals surface area contributed by atoms with Gasteiger partial charge in [-0.15, -0.1) is 0 Å². The van der Waals surface area contributed by atoms with E-state index < -0.39 is 0 Å². The lowest BCUT2D eigenvalue weighted by atomic mass is 10.0. The summed E-state index contributed by atoms with van der Waals surface area (Å²) < 4.78 is 10.0. The third-order valence-electron chi connectivity index (χ3n) is 2.39. The summed E-state index contributed by atoms with van der Waals surface area (Å²) in [5.74, 6) is 0.841. The first-order valence-electron chi connectivity index (χ1n) is 5.26. The summed E-state index contributed by atoms with van der Waals surface area (Å²) >= 11 is 0. The van der Waals surface area contributed by atoms with Crippen LogP contribution in [-0.4, -0.2) is 19.7 Å². The minimum atomic E-state index is -0.200. The minimum Gasteiger partial charge on any atom is -0.501 e. The Morgan fingerprint density at radius 3 is 2.73 bits per heavy atom. The van der Waals surface area contributed by atoms with Gasteiger partial charge in [0.2, 0.25) is 0 Å². The number of hydrogen-bond acceptors (Lipinski definition) is 3. The summed E-state index contributed by atoms with van der Waals surface area (Å²) in [6.07, 6.45) is 8.07. The second kappa shape index (κ2) is 6.27. The molecule has 0 spiro atoms. The molecular formula is C12H18O3. The van der Waals surface area contributed by atoms with Crippen molar-refractivity contribution in [2.24, 2.45) is 0 Å². The Hall–Kier alpha value is -1.25. The molecule has 0 saturated heterocycles. The Bertz CT molecular complexity index is 277. The molecule has 3 nitrogen and oxygen atoms in total. The third-order valence-corrected chi connectivity index (χ3v) is 2.39. The number of esters is 1. The monoisotopic (exact) mass is 210 g/mol. The zero-order valence-corrected chi connectivity index (χ0v) is 9.41. The van der Waals surface area contributed by atoms with Crippen LogP contribution in [0.4, 0.5) is 0 Å². The van der Waals surface area contributed by atoms with E-state index in [0.29, 0.717) is 6.61 Å². The van der Waals surface area contributed by atoms with E-state index in [4.69, 9.17) is 9.47 Å². The van der Waals surface area contributed by atoms with Gasteiger partial charge in [-0.3, -0.25) is 4.79 Å². The number of allylic oxidation sites excluding steroid dienone is 3. The minimum absolute atomic E-state index is 0.200. The lowest BCUT2D eigenvalue weighted by Gasteiger charge is -2.12. The number of carbonyl (C=O) groups excluding carboxylic acids is 1. The Morgan fingerprint density at radius 2 is 2.20 bits per heavy atom. The maximum atomic E-state index is 10.5. The molecule has 1 rings (SSSR count). The van der Waals surface area contributed by atoms with Crippen molar-refractivity contribution in [1.29, 1.82) is 0 Å². The highest BCUT2D eigenvalue weighted by atomic mass is 16.5. The van der Waals surface area contributed by atoms with E-state index in [0.717, 1.165) is 31.4 Å². The predicted molar refractivity (Wildman–Crippen MR) is 58.3 cm³/mol. The summed E-state index contributed by atoms with van der Waals surface area (Å²) in [7, 11) is 1.70. The summed E-state index contributed by atoms with van der Waals surface area (Å²) in [5, 5.41) is 0. The van der Waals surface area contributed by atoms with Crippen molar-refractivity contribution in [2.45, 2.75) is 32.6 Å². The molecule has 0 aromatic heterocycles. The van der Waals surface area contributed by atoms with Crippen LogP contribution in [0, 0.1) is 0 Å². The van der Waals surface area contributed by atoms with Gasteiger partial charge in [-0.2, -0.15) is 0 Å². The number of methoxy groups -OCH3 is 1. The van der Waals surface area contributed by atoms with Gasteiger partial charge in [0.1, 0.15) is 0 Å². The summed E-state index contributed by atoms with van der Waals surface area (Å²) in [4.78, 5) is 10.5. The Labute approximate surface area is 90.8 Å². The molecule has 0 heterocycles. The Balaban J connectivity index is 2.14. The quantitative estimate of drug-likeness (QED) is 0.397. The molecule has 1 aliphatic carbocycles. The van der Waals surface area contributed by atoms with Gasteiger partial charge in [-0.1, -0.05) is 11.6 Å². The molecule has 0 bridgehead atoms. The first-order chi connectivity index (χ1) is 7.22. The average Bonchev–Trinajstić information content (AvgIpc) is 2.25. The van der Waals surface area contributed by atoms with Gasteiger partial charge in [0, 0.05) is 13.3 Å². The Morgan fingerprint density at radius 1 is 1.40 bits per heavy atom. The van der Waals surface area contributed by atoms with E-state index in [1.807, 2.05) is 0 Å². The summed E-state index contributed by atoms with van der Waals surface area (Å²) in [5.41, 5.74) is 1.41. The Kier molecular flexibility index (Phi) is 4.95. The SMILES string of the molecule is COC1=CCC(CCCOC(C)=O)=CC1. The highest BCUT2D eigenvalue weighted by Gasteiger charge is 2.05. The molecule has 0 N–H and O–H groups in total. The molecule has 0 aromatic carbocycles. The largest absolute Gasteiger partial charge is 0.501 e. The van der Waals surface area contributed by atoms with E-state index in [2.05, 4.69) is 12.2 Å². The van der Waals surface area contributed by atoms with Crippen molar-refractivity contribution < 1.29 is 14.3 Å². The van der Waals surface area contributed by atoms with Crippen LogP contribution < -0.4 is 0 Å². The molecule has 3 heteroatoms. The van der Waals surface area contributed by atoms with E-state index in [9.17, 15) is 4.79 Å². The van der Waals surface area contributed by atoms with E-state index in [-0.39, 0.29) is 5.97 Å². The lowest BCUT2D eigenvalue weighted by Crippen LogP contribution is -2.01. The predicted octanol–water partition coefficient (Wildman–Crippen LogP) is 2.58. The number of carbonyl (C=O) groups is 1. The second-order valence-electron chi connectivity index (χ2n) is 3.59. The lowest BCUT2D eigenvalue weighted by molar-refractivity contribution is -0.141. The highest BCUT2D eigenvalue weighted by molar-refractivity contribution is 5.65. The van der Waals surface area contributed by atoms with Crippen LogP contribution in [0.3, 0.4) is 0 Å². The molecule has 0 aromatic rings. The van der Waals surface area contributed by atoms with Gasteiger partial charge in [-0.05, 0) is 25.3 Å². The second-order valence-corrected chi connectivity index (χ2v) is 3.59. The van der Waals surface area contributed by atoms with Gasteiger partial charge < -0.3 is 9.47 Å². The van der Waals surface area contributed by atoms with Gasteiger partial charge in [-0.25, -0.2) is 0 Å². The van der Waals surface area contributed by atoms with Crippen molar-refractivity contribution in [3.8, 4) is 0 Å². The van der Waals surface area contributed by atoms with Crippen LogP contribution in [-0.2, 0) is 14.3 Å². The van der Waals surface area contributed by atoms with Crippen LogP contribution in [0.15, 0.2) is 23.5 Å². The van der Waals surface area contributed by atoms with E-state index in [1.165, 1.54) is 12.5 Å². The van der Waals surface area contributed by atoms with Gasteiger partial charge in [0.15, 0.2) is 0 Å². The van der Waals surface area contributed by atoms with Crippen molar-refractivity contribution in [3.63, 3.8) is 0 Å². The zero-order chi connectivity index (χ0) is 11.1. The number of ether oxygens (including phenoxy) is 2. The molecule has 0 radical (unpaired) electrons. The van der Waals surface area contributed by atoms with Gasteiger partial charge in [0.25, 0.3) is 0 Å². The maximum absolute atomic E-state index is 10.5. The van der Waals surface area contributed by atoms with Crippen molar-refractivity contribution >= 4 is 5.97 Å². The fourth-order valence-corrected chi connectivity index (χ4v) is 1.54. The molecular weight excluding hydrogens is 192 g/mol. The zero-order valence-electron chi connectivity index (χ0n) is 9.41. The highest BCUT2D eigenvalue weighted by Crippen LogP contribution is 2.21. The number of hydrogen-bond donors (Lipinski definition) is 0. The number of rotatable bonds is 5. The summed E-state index contributed by atoms with van der Waals surface area (Å²) in [6.45, 7) is 1.96. The van der Waals surface area contributed by atoms with Crippen LogP contribution in [0.5, 0.6) is 0 Å². The molecule has 0 fully saturated rings. The average molecular weight is 210 g/mol. The molecule has 1 aliphatic rings. The topological polar surface area (TPSA) is 35.5 Å². The molecule has 0 saturated carbocycles. The van der Waals surface area contributed by atoms with Gasteiger partial charge >= 0.3 is 5.97 Å². The molecule has 0 atom stereocenters. The standard InChI is InChI=1S/C12H18O3/c1-10(13)15-9-3-4-11-5-7-12(14-2)8-6-11/h5,8H,3-4,6-7,9H2,1-2H3. The van der Waals surface area contributed by atoms with Crippen LogP contribution in [0.25, 0.3) is 0 Å². The molecule has 0 amide bonds. The fourth-order valence-electron chi connectivity index (χ4n) is 1.54. The van der Waals surface area contributed by atoms with Crippen LogP contribution in [0.1, 0.15) is 32.6 Å². The van der Waals surface area contributed by atoms with Crippen molar-refractivity contribution in [2.75, 3.05) is 13.7 Å². The molecule has 15 heavy (non-hydrogen) atoms. The molecule has 0 aliphatic heterocycles. The smallest absolute Gasteiger partial charge is 0.302 e. The third kappa shape index (κ3) is 4.68. The molecule has 0 unspecified atom stereocenters. The fraction of sp³-hybridized carbons (Fsp3) is 0.583. The van der Waals surface area contributed by atoms with Gasteiger partial charge in [0.05, 0.1) is 19.5 Å². The summed E-state index contributed by atoms with van der Waals surface area (Å²) in [6, 6.07) is 0. The van der Waals surface area contributed by atoms with Crippen LogP contribution >= 0.6 is 0 Å². The first kappa shape index (κ1) is 11.8. The van der Waals surface area contributed by atoms with Crippen LogP contribution in [0.2, 0.25) is 0 Å². The molecule has 84 valence electrons. The maximum Gasteiger partial charge on any atom is 0.302 e. The van der Waals surface area contributed by atoms with E-state index in [1.54, 1.807) is 7.11 Å². The first-order valence-corrected chi connectivity index (χ1v) is 5.26. The normalized spacial score (nSPS) is 15.3.